The molecule has 0 spiro atoms. The molecule has 2 fully saturated rings. The number of rotatable bonds is 7. The number of benzene rings is 1. The van der Waals surface area contributed by atoms with E-state index < -0.39 is 0 Å². The Morgan fingerprint density at radius 2 is 2.10 bits per heavy atom. The minimum absolute atomic E-state index is 0.304. The Kier molecular flexibility index (Phi) is 7.59. The number of imidazole rings is 1. The molecule has 164 valence electrons. The van der Waals surface area contributed by atoms with Gasteiger partial charge < -0.3 is 24.3 Å². The molecule has 2 aliphatic rings. The van der Waals surface area contributed by atoms with Crippen LogP contribution in [0.3, 0.4) is 0 Å². The summed E-state index contributed by atoms with van der Waals surface area (Å²) in [5, 5.41) is 3.53. The molecule has 1 aromatic heterocycles. The van der Waals surface area contributed by atoms with Crippen LogP contribution in [0.15, 0.2) is 35.6 Å². The van der Waals surface area contributed by atoms with Crippen molar-refractivity contribution in [3.8, 4) is 0 Å². The molecular weight excluding hydrogens is 378 g/mol. The summed E-state index contributed by atoms with van der Waals surface area (Å²) in [6.45, 7) is 5.47. The van der Waals surface area contributed by atoms with Crippen LogP contribution in [0, 0.1) is 0 Å². The molecule has 0 bridgehead atoms. The third kappa shape index (κ3) is 5.52. The van der Waals surface area contributed by atoms with E-state index >= 15 is 0 Å². The van der Waals surface area contributed by atoms with Crippen LogP contribution in [0.4, 0.5) is 0 Å². The minimum Gasteiger partial charge on any atom is -0.376 e. The van der Waals surface area contributed by atoms with E-state index in [0.29, 0.717) is 12.2 Å². The predicted molar refractivity (Wildman–Crippen MR) is 120 cm³/mol. The summed E-state index contributed by atoms with van der Waals surface area (Å²) in [6.07, 6.45) is 9.32. The highest BCUT2D eigenvalue weighted by atomic mass is 16.5. The van der Waals surface area contributed by atoms with Crippen LogP contribution < -0.4 is 5.32 Å². The molecule has 1 aromatic carbocycles. The van der Waals surface area contributed by atoms with E-state index in [9.17, 15) is 0 Å². The number of likely N-dealkylation sites (tertiary alicyclic amines) is 1. The summed E-state index contributed by atoms with van der Waals surface area (Å²) >= 11 is 0. The van der Waals surface area contributed by atoms with E-state index in [-0.39, 0.29) is 0 Å². The first kappa shape index (κ1) is 21.1. The summed E-state index contributed by atoms with van der Waals surface area (Å²) in [6, 6.07) is 8.28. The molecular formula is C23H35N5O2. The van der Waals surface area contributed by atoms with Crippen molar-refractivity contribution in [1.82, 2.24) is 19.8 Å². The molecule has 2 aromatic rings. The average Bonchev–Trinajstić information content (AvgIpc) is 3.22. The van der Waals surface area contributed by atoms with E-state index in [4.69, 9.17) is 9.47 Å². The molecule has 1 atom stereocenters. The van der Waals surface area contributed by atoms with Gasteiger partial charge in [0.15, 0.2) is 5.96 Å². The fourth-order valence-corrected chi connectivity index (χ4v) is 4.39. The van der Waals surface area contributed by atoms with E-state index in [1.807, 2.05) is 19.4 Å². The van der Waals surface area contributed by atoms with Gasteiger partial charge in [0.1, 0.15) is 0 Å². The zero-order valence-corrected chi connectivity index (χ0v) is 18.1. The molecule has 0 amide bonds. The number of piperidine rings is 1. The Balaban J connectivity index is 1.15. The second kappa shape index (κ2) is 10.8. The van der Waals surface area contributed by atoms with Gasteiger partial charge in [-0.1, -0.05) is 12.1 Å². The van der Waals surface area contributed by atoms with Gasteiger partial charge in [0.25, 0.3) is 0 Å². The van der Waals surface area contributed by atoms with Crippen LogP contribution in [0.1, 0.15) is 38.5 Å². The predicted octanol–water partition coefficient (Wildman–Crippen LogP) is 3.05. The van der Waals surface area contributed by atoms with Crippen molar-refractivity contribution < 1.29 is 9.47 Å². The lowest BCUT2D eigenvalue weighted by Crippen LogP contribution is -2.47. The van der Waals surface area contributed by atoms with Crippen LogP contribution in [0.5, 0.6) is 0 Å². The highest BCUT2D eigenvalue weighted by molar-refractivity contribution is 5.80. The minimum atomic E-state index is 0.304. The lowest BCUT2D eigenvalue weighted by molar-refractivity contribution is -0.0721. The van der Waals surface area contributed by atoms with E-state index in [2.05, 4.69) is 43.0 Å². The number of nitrogens with zero attached hydrogens (tertiary/aromatic N) is 4. The normalized spacial score (nSPS) is 21.3. The van der Waals surface area contributed by atoms with Crippen LogP contribution in [0.25, 0.3) is 11.0 Å². The maximum absolute atomic E-state index is 6.14. The number of ether oxygens (including phenoxy) is 2. The maximum atomic E-state index is 6.14. The van der Waals surface area contributed by atoms with Gasteiger partial charge in [-0.3, -0.25) is 4.99 Å². The number of hydrogen-bond acceptors (Lipinski definition) is 4. The fourth-order valence-electron chi connectivity index (χ4n) is 4.39. The second-order valence-corrected chi connectivity index (χ2v) is 8.26. The number of nitrogens with one attached hydrogen (secondary N) is 1. The average molecular weight is 414 g/mol. The van der Waals surface area contributed by atoms with Crippen LogP contribution >= 0.6 is 0 Å². The van der Waals surface area contributed by atoms with E-state index in [0.717, 1.165) is 76.6 Å². The molecule has 1 unspecified atom stereocenters. The zero-order chi connectivity index (χ0) is 20.6. The highest BCUT2D eigenvalue weighted by Gasteiger charge is 2.23. The van der Waals surface area contributed by atoms with Gasteiger partial charge in [0.05, 0.1) is 36.2 Å². The molecule has 7 heteroatoms. The Bertz CT molecular complexity index is 807. The first-order valence-electron chi connectivity index (χ1n) is 11.4. The molecule has 3 heterocycles. The van der Waals surface area contributed by atoms with Gasteiger partial charge in [0.2, 0.25) is 0 Å². The van der Waals surface area contributed by atoms with Crippen LogP contribution in [-0.4, -0.2) is 72.5 Å². The number of aromatic nitrogens is 2. The Morgan fingerprint density at radius 3 is 2.90 bits per heavy atom. The molecule has 7 nitrogen and oxygen atoms in total. The van der Waals surface area contributed by atoms with Crippen molar-refractivity contribution in [3.63, 3.8) is 0 Å². The largest absolute Gasteiger partial charge is 0.376 e. The third-order valence-electron chi connectivity index (χ3n) is 6.13. The molecule has 2 saturated heterocycles. The summed E-state index contributed by atoms with van der Waals surface area (Å²) in [4.78, 5) is 11.3. The number of aryl methyl sites for hydroxylation is 1. The molecule has 0 radical (unpaired) electrons. The van der Waals surface area contributed by atoms with Gasteiger partial charge in [0, 0.05) is 39.8 Å². The van der Waals surface area contributed by atoms with Crippen molar-refractivity contribution in [2.24, 2.45) is 4.99 Å². The van der Waals surface area contributed by atoms with Gasteiger partial charge in [-0.05, 0) is 50.7 Å². The van der Waals surface area contributed by atoms with Crippen LogP contribution in [-0.2, 0) is 16.0 Å². The monoisotopic (exact) mass is 413 g/mol. The standard InChI is InChI=1S/C23H35N5O2/c1-24-23(25-12-6-13-28-18-26-21-8-2-3-9-22(21)28)27-14-10-19(11-15-27)30-17-20-7-4-5-16-29-20/h2-3,8-9,18-20H,4-7,10-17H2,1H3,(H,24,25). The van der Waals surface area contributed by atoms with Crippen molar-refractivity contribution in [3.05, 3.63) is 30.6 Å². The van der Waals surface area contributed by atoms with Crippen molar-refractivity contribution in [1.29, 1.82) is 0 Å². The molecule has 0 aliphatic carbocycles. The first-order valence-corrected chi connectivity index (χ1v) is 11.4. The lowest BCUT2D eigenvalue weighted by atomic mass is 10.1. The highest BCUT2D eigenvalue weighted by Crippen LogP contribution is 2.18. The molecule has 1 N–H and O–H groups in total. The Hall–Kier alpha value is -2.12. The van der Waals surface area contributed by atoms with Gasteiger partial charge >= 0.3 is 0 Å². The number of para-hydroxylation sites is 2. The SMILES string of the molecule is CN=C(NCCCn1cnc2ccccc21)N1CCC(OCC2CCCCO2)CC1. The molecule has 0 saturated carbocycles. The summed E-state index contributed by atoms with van der Waals surface area (Å²) in [5.41, 5.74) is 2.25. The second-order valence-electron chi connectivity index (χ2n) is 8.26. The lowest BCUT2D eigenvalue weighted by Gasteiger charge is -2.35. The summed E-state index contributed by atoms with van der Waals surface area (Å²) in [5.74, 6) is 1.000. The quantitative estimate of drug-likeness (QED) is 0.429. The number of hydrogen-bond donors (Lipinski definition) is 1. The first-order chi connectivity index (χ1) is 14.8. The smallest absolute Gasteiger partial charge is 0.193 e. The molecule has 30 heavy (non-hydrogen) atoms. The van der Waals surface area contributed by atoms with Gasteiger partial charge in [-0.2, -0.15) is 0 Å². The van der Waals surface area contributed by atoms with Gasteiger partial charge in [-0.15, -0.1) is 0 Å². The third-order valence-corrected chi connectivity index (χ3v) is 6.13. The number of fused-ring (bicyclic) bond motifs is 1. The summed E-state index contributed by atoms with van der Waals surface area (Å²) in [7, 11) is 1.87. The number of guanidine groups is 1. The molecule has 4 rings (SSSR count). The van der Waals surface area contributed by atoms with Gasteiger partial charge in [-0.25, -0.2) is 4.98 Å². The molecule has 2 aliphatic heterocycles. The van der Waals surface area contributed by atoms with Crippen LogP contribution in [0.2, 0.25) is 0 Å². The van der Waals surface area contributed by atoms with E-state index in [1.54, 1.807) is 0 Å². The topological polar surface area (TPSA) is 63.9 Å². The Labute approximate surface area is 179 Å². The van der Waals surface area contributed by atoms with Crippen molar-refractivity contribution in [2.45, 2.75) is 57.3 Å². The number of aliphatic imine (C=N–C) groups is 1. The Morgan fingerprint density at radius 1 is 1.23 bits per heavy atom. The maximum Gasteiger partial charge on any atom is 0.193 e. The van der Waals surface area contributed by atoms with E-state index in [1.165, 1.54) is 18.4 Å². The summed E-state index contributed by atoms with van der Waals surface area (Å²) < 4.78 is 14.1. The van der Waals surface area contributed by atoms with Crippen molar-refractivity contribution in [2.75, 3.05) is 39.9 Å². The van der Waals surface area contributed by atoms with Crippen molar-refractivity contribution >= 4 is 17.0 Å². The fraction of sp³-hybridized carbons (Fsp3) is 0.652. The zero-order valence-electron chi connectivity index (χ0n) is 18.1.